The minimum atomic E-state index is -0.156. The first-order valence-electron chi connectivity index (χ1n) is 8.63. The fourth-order valence-electron chi connectivity index (χ4n) is 2.55. The Morgan fingerprint density at radius 1 is 1.00 bits per heavy atom. The standard InChI is InChI=1S/C21H19N3O3S/c25-20(16-5-3-15(4-6-16)18-2-1-11-22-14-18)23-12-13-27-19-9-7-17(8-10-19)21(28)24-26/h1-11,14,26H,12-13H2,(H,23,25)(H,24,28). The molecule has 0 bridgehead atoms. The van der Waals surface area contributed by atoms with Crippen molar-refractivity contribution in [2.45, 2.75) is 0 Å². The molecular formula is C21H19N3O3S. The normalized spacial score (nSPS) is 10.2. The van der Waals surface area contributed by atoms with Crippen molar-refractivity contribution in [3.8, 4) is 16.9 Å². The zero-order chi connectivity index (χ0) is 19.8. The summed E-state index contributed by atoms with van der Waals surface area (Å²) < 4.78 is 5.59. The van der Waals surface area contributed by atoms with Gasteiger partial charge in [-0.15, -0.1) is 0 Å². The van der Waals surface area contributed by atoms with E-state index >= 15 is 0 Å². The molecule has 3 aromatic rings. The van der Waals surface area contributed by atoms with Crippen LogP contribution in [0.25, 0.3) is 11.1 Å². The number of hydrogen-bond acceptors (Lipinski definition) is 5. The Bertz CT molecular complexity index is 929. The second-order valence-electron chi connectivity index (χ2n) is 5.89. The van der Waals surface area contributed by atoms with Crippen molar-refractivity contribution in [3.63, 3.8) is 0 Å². The fraction of sp³-hybridized carbons (Fsp3) is 0.0952. The van der Waals surface area contributed by atoms with E-state index in [2.05, 4.69) is 10.3 Å². The van der Waals surface area contributed by atoms with Crippen LogP contribution in [0.4, 0.5) is 0 Å². The van der Waals surface area contributed by atoms with Crippen LogP contribution in [-0.2, 0) is 0 Å². The van der Waals surface area contributed by atoms with Crippen LogP contribution in [-0.4, -0.2) is 34.2 Å². The Morgan fingerprint density at radius 3 is 2.36 bits per heavy atom. The molecule has 0 aliphatic heterocycles. The van der Waals surface area contributed by atoms with Crippen LogP contribution in [0.5, 0.6) is 5.75 Å². The second kappa shape index (κ2) is 9.59. The van der Waals surface area contributed by atoms with Crippen LogP contribution in [0.3, 0.4) is 0 Å². The first-order chi connectivity index (χ1) is 13.7. The van der Waals surface area contributed by atoms with E-state index in [-0.39, 0.29) is 10.9 Å². The number of pyridine rings is 1. The Kier molecular flexibility index (Phi) is 6.67. The largest absolute Gasteiger partial charge is 0.492 e. The highest BCUT2D eigenvalue weighted by molar-refractivity contribution is 7.80. The minimum absolute atomic E-state index is 0.156. The Morgan fingerprint density at radius 2 is 1.71 bits per heavy atom. The van der Waals surface area contributed by atoms with E-state index in [4.69, 9.17) is 22.2 Å². The van der Waals surface area contributed by atoms with E-state index in [1.807, 2.05) is 29.7 Å². The maximum atomic E-state index is 12.2. The third-order valence-corrected chi connectivity index (χ3v) is 4.34. The molecule has 1 amide bonds. The number of hydrogen-bond donors (Lipinski definition) is 3. The number of amides is 1. The Balaban J connectivity index is 1.46. The Labute approximate surface area is 168 Å². The summed E-state index contributed by atoms with van der Waals surface area (Å²) in [4.78, 5) is 16.6. The van der Waals surface area contributed by atoms with Gasteiger partial charge >= 0.3 is 0 Å². The van der Waals surface area contributed by atoms with Gasteiger partial charge in [0, 0.05) is 23.5 Å². The number of carbonyl (C=O) groups is 1. The van der Waals surface area contributed by atoms with Gasteiger partial charge in [-0.1, -0.05) is 30.4 Å². The van der Waals surface area contributed by atoms with Crippen LogP contribution in [0.1, 0.15) is 15.9 Å². The second-order valence-corrected chi connectivity index (χ2v) is 6.30. The maximum absolute atomic E-state index is 12.2. The quantitative estimate of drug-likeness (QED) is 0.325. The molecule has 3 N–H and O–H groups in total. The van der Waals surface area contributed by atoms with Gasteiger partial charge in [0.15, 0.2) is 0 Å². The molecule has 0 atom stereocenters. The molecule has 7 heteroatoms. The molecule has 2 aromatic carbocycles. The van der Waals surface area contributed by atoms with Gasteiger partial charge in [-0.05, 0) is 53.6 Å². The number of nitrogens with one attached hydrogen (secondary N) is 2. The van der Waals surface area contributed by atoms with Crippen molar-refractivity contribution in [2.75, 3.05) is 13.2 Å². The smallest absolute Gasteiger partial charge is 0.251 e. The van der Waals surface area contributed by atoms with Crippen LogP contribution >= 0.6 is 12.2 Å². The van der Waals surface area contributed by atoms with E-state index in [9.17, 15) is 4.79 Å². The third-order valence-electron chi connectivity index (χ3n) is 4.02. The van der Waals surface area contributed by atoms with Crippen molar-refractivity contribution in [1.82, 2.24) is 15.8 Å². The molecule has 0 spiro atoms. The lowest BCUT2D eigenvalue weighted by atomic mass is 10.1. The zero-order valence-electron chi connectivity index (χ0n) is 15.0. The van der Waals surface area contributed by atoms with Gasteiger partial charge in [0.25, 0.3) is 5.91 Å². The summed E-state index contributed by atoms with van der Waals surface area (Å²) in [6, 6.07) is 18.2. The highest BCUT2D eigenvalue weighted by Gasteiger charge is 2.06. The average molecular weight is 393 g/mol. The maximum Gasteiger partial charge on any atom is 0.251 e. The molecular weight excluding hydrogens is 374 g/mol. The van der Waals surface area contributed by atoms with E-state index in [0.717, 1.165) is 11.1 Å². The van der Waals surface area contributed by atoms with Crippen molar-refractivity contribution < 1.29 is 14.7 Å². The molecule has 0 saturated carbocycles. The number of rotatable bonds is 7. The number of nitrogens with zero attached hydrogens (tertiary/aromatic N) is 1. The van der Waals surface area contributed by atoms with Crippen molar-refractivity contribution in [1.29, 1.82) is 0 Å². The first-order valence-corrected chi connectivity index (χ1v) is 9.04. The van der Waals surface area contributed by atoms with Gasteiger partial charge in [-0.3, -0.25) is 20.5 Å². The summed E-state index contributed by atoms with van der Waals surface area (Å²) in [5, 5.41) is 11.6. The van der Waals surface area contributed by atoms with Crippen LogP contribution in [0.15, 0.2) is 73.1 Å². The lowest BCUT2D eigenvalue weighted by molar-refractivity contribution is 0.0947. The number of thiocarbonyl (C=S) groups is 1. The van der Waals surface area contributed by atoms with Gasteiger partial charge in [0.1, 0.15) is 17.3 Å². The monoisotopic (exact) mass is 393 g/mol. The van der Waals surface area contributed by atoms with Gasteiger partial charge in [-0.25, -0.2) is 0 Å². The molecule has 0 radical (unpaired) electrons. The predicted octanol–water partition coefficient (Wildman–Crippen LogP) is 3.21. The summed E-state index contributed by atoms with van der Waals surface area (Å²) in [7, 11) is 0. The van der Waals surface area contributed by atoms with Crippen LogP contribution in [0, 0.1) is 0 Å². The van der Waals surface area contributed by atoms with Crippen molar-refractivity contribution in [2.24, 2.45) is 0 Å². The van der Waals surface area contributed by atoms with Crippen molar-refractivity contribution >= 4 is 23.1 Å². The van der Waals surface area contributed by atoms with Gasteiger partial charge in [0.2, 0.25) is 0 Å². The van der Waals surface area contributed by atoms with Crippen LogP contribution < -0.4 is 15.5 Å². The van der Waals surface area contributed by atoms with E-state index in [1.54, 1.807) is 48.8 Å². The third kappa shape index (κ3) is 5.12. The first kappa shape index (κ1) is 19.5. The summed E-state index contributed by atoms with van der Waals surface area (Å²) in [6.07, 6.45) is 3.51. The molecule has 1 heterocycles. The molecule has 0 unspecified atom stereocenters. The van der Waals surface area contributed by atoms with Gasteiger partial charge in [0.05, 0.1) is 6.54 Å². The lowest BCUT2D eigenvalue weighted by Crippen LogP contribution is -2.28. The number of benzene rings is 2. The minimum Gasteiger partial charge on any atom is -0.492 e. The Hall–Kier alpha value is -3.29. The van der Waals surface area contributed by atoms with E-state index in [1.165, 1.54) is 0 Å². The molecule has 3 rings (SSSR count). The topological polar surface area (TPSA) is 83.5 Å². The summed E-state index contributed by atoms with van der Waals surface area (Å²) in [6.45, 7) is 0.711. The van der Waals surface area contributed by atoms with E-state index < -0.39 is 0 Å². The number of ether oxygens (including phenoxy) is 1. The predicted molar refractivity (Wildman–Crippen MR) is 111 cm³/mol. The fourth-order valence-corrected chi connectivity index (χ4v) is 2.69. The highest BCUT2D eigenvalue weighted by atomic mass is 32.1. The van der Waals surface area contributed by atoms with E-state index in [0.29, 0.717) is 30.0 Å². The number of carbonyl (C=O) groups excluding carboxylic acids is 1. The molecule has 0 saturated heterocycles. The van der Waals surface area contributed by atoms with Gasteiger partial charge < -0.3 is 10.1 Å². The molecule has 142 valence electrons. The average Bonchev–Trinajstić information content (AvgIpc) is 2.77. The number of aromatic nitrogens is 1. The highest BCUT2D eigenvalue weighted by Crippen LogP contribution is 2.18. The van der Waals surface area contributed by atoms with Crippen LogP contribution in [0.2, 0.25) is 0 Å². The molecule has 6 nitrogen and oxygen atoms in total. The molecule has 28 heavy (non-hydrogen) atoms. The van der Waals surface area contributed by atoms with Gasteiger partial charge in [-0.2, -0.15) is 0 Å². The molecule has 0 aliphatic rings. The SMILES string of the molecule is O=C(NCCOc1ccc(C(=S)NO)cc1)c1ccc(-c2cccnc2)cc1. The molecule has 0 fully saturated rings. The summed E-state index contributed by atoms with van der Waals surface area (Å²) in [5.74, 6) is 0.496. The zero-order valence-corrected chi connectivity index (χ0v) is 15.8. The number of hydroxylamine groups is 1. The van der Waals surface area contributed by atoms with Crippen molar-refractivity contribution in [3.05, 3.63) is 84.2 Å². The summed E-state index contributed by atoms with van der Waals surface area (Å²) in [5.41, 5.74) is 5.22. The summed E-state index contributed by atoms with van der Waals surface area (Å²) >= 11 is 4.93. The molecule has 1 aromatic heterocycles. The molecule has 0 aliphatic carbocycles. The lowest BCUT2D eigenvalue weighted by Gasteiger charge is -2.09.